The molecule has 150 valence electrons. The van der Waals surface area contributed by atoms with E-state index in [2.05, 4.69) is 20.6 Å². The van der Waals surface area contributed by atoms with Gasteiger partial charge in [0, 0.05) is 56.1 Å². The number of aromatic nitrogens is 1. The number of H-pyrrole nitrogens is 1. The number of rotatable bonds is 7. The van der Waals surface area contributed by atoms with E-state index in [1.807, 2.05) is 13.1 Å². The van der Waals surface area contributed by atoms with E-state index in [4.69, 9.17) is 0 Å². The summed E-state index contributed by atoms with van der Waals surface area (Å²) in [7, 11) is 0. The lowest BCUT2D eigenvalue weighted by Crippen LogP contribution is -2.46. The van der Waals surface area contributed by atoms with Gasteiger partial charge in [0.25, 0.3) is 0 Å². The molecule has 28 heavy (non-hydrogen) atoms. The summed E-state index contributed by atoms with van der Waals surface area (Å²) >= 11 is 0. The molecule has 2 heterocycles. The summed E-state index contributed by atoms with van der Waals surface area (Å²) in [5, 5.41) is 7.18. The van der Waals surface area contributed by atoms with Crippen LogP contribution in [0.5, 0.6) is 0 Å². The van der Waals surface area contributed by atoms with E-state index >= 15 is 0 Å². The zero-order chi connectivity index (χ0) is 19.9. The number of guanidine groups is 1. The minimum absolute atomic E-state index is 0.105. The average molecular weight is 387 g/mol. The summed E-state index contributed by atoms with van der Waals surface area (Å²) < 4.78 is 13.5. The van der Waals surface area contributed by atoms with Crippen LogP contribution in [0, 0.1) is 5.82 Å². The highest BCUT2D eigenvalue weighted by molar-refractivity contribution is 5.97. The lowest BCUT2D eigenvalue weighted by molar-refractivity contribution is -0.147. The standard InChI is InChI=1S/C20H26FN5O2/c1-2-22-20(24-10-11-26-18(27)4-3-5-19(26)28)23-9-8-14-13-25-17-7-6-15(21)12-16(14)17/h6-7,12-13,25H,2-5,8-11H2,1H3,(H2,22,23,24). The molecule has 0 unspecified atom stereocenters. The normalized spacial score (nSPS) is 15.4. The number of aliphatic imine (C=N–C) groups is 1. The first-order valence-corrected chi connectivity index (χ1v) is 9.69. The number of nitrogens with one attached hydrogen (secondary N) is 3. The van der Waals surface area contributed by atoms with Crippen molar-refractivity contribution in [2.45, 2.75) is 32.6 Å². The van der Waals surface area contributed by atoms with Gasteiger partial charge in [0.15, 0.2) is 5.96 Å². The van der Waals surface area contributed by atoms with Gasteiger partial charge in [-0.2, -0.15) is 0 Å². The Morgan fingerprint density at radius 2 is 2.04 bits per heavy atom. The largest absolute Gasteiger partial charge is 0.361 e. The van der Waals surface area contributed by atoms with Crippen molar-refractivity contribution >= 4 is 28.7 Å². The number of nitrogens with zero attached hydrogens (tertiary/aromatic N) is 2. The first-order chi connectivity index (χ1) is 13.6. The Kier molecular flexibility index (Phi) is 6.62. The van der Waals surface area contributed by atoms with E-state index < -0.39 is 0 Å². The van der Waals surface area contributed by atoms with Crippen LogP contribution in [0.1, 0.15) is 31.7 Å². The number of carbonyl (C=O) groups is 2. The molecule has 0 radical (unpaired) electrons. The Bertz CT molecular complexity index is 861. The highest BCUT2D eigenvalue weighted by Gasteiger charge is 2.25. The van der Waals surface area contributed by atoms with Gasteiger partial charge in [-0.1, -0.05) is 0 Å². The third-order valence-corrected chi connectivity index (χ3v) is 4.74. The van der Waals surface area contributed by atoms with Crippen molar-refractivity contribution in [2.75, 3.05) is 26.2 Å². The molecule has 2 amide bonds. The van der Waals surface area contributed by atoms with Crippen LogP contribution >= 0.6 is 0 Å². The molecule has 0 atom stereocenters. The molecule has 8 heteroatoms. The number of benzene rings is 1. The summed E-state index contributed by atoms with van der Waals surface area (Å²) in [5.41, 5.74) is 1.92. The Labute approximate surface area is 163 Å². The SMILES string of the molecule is CCNC(=NCCc1c[nH]c2ccc(F)cc12)NCCN1C(=O)CCCC1=O. The number of carbonyl (C=O) groups excluding carboxylic acids is 2. The number of fused-ring (bicyclic) bond motifs is 1. The maximum absolute atomic E-state index is 13.5. The summed E-state index contributed by atoms with van der Waals surface area (Å²) in [5.74, 6) is 0.164. The van der Waals surface area contributed by atoms with Crippen molar-refractivity contribution in [3.63, 3.8) is 0 Å². The quantitative estimate of drug-likeness (QED) is 0.385. The van der Waals surface area contributed by atoms with Gasteiger partial charge in [0.2, 0.25) is 11.8 Å². The van der Waals surface area contributed by atoms with E-state index in [0.717, 1.165) is 16.5 Å². The molecule has 1 aliphatic rings. The molecular weight excluding hydrogens is 361 g/mol. The van der Waals surface area contributed by atoms with Crippen molar-refractivity contribution < 1.29 is 14.0 Å². The van der Waals surface area contributed by atoms with E-state index in [1.165, 1.54) is 17.0 Å². The monoisotopic (exact) mass is 387 g/mol. The fourth-order valence-corrected chi connectivity index (χ4v) is 3.32. The topological polar surface area (TPSA) is 89.6 Å². The van der Waals surface area contributed by atoms with Gasteiger partial charge in [0.1, 0.15) is 5.82 Å². The third-order valence-electron chi connectivity index (χ3n) is 4.74. The highest BCUT2D eigenvalue weighted by Crippen LogP contribution is 2.19. The Hall–Kier alpha value is -2.90. The predicted octanol–water partition coefficient (Wildman–Crippen LogP) is 1.94. The predicted molar refractivity (Wildman–Crippen MR) is 107 cm³/mol. The molecule has 0 spiro atoms. The zero-order valence-electron chi connectivity index (χ0n) is 16.1. The van der Waals surface area contributed by atoms with Crippen molar-refractivity contribution in [1.29, 1.82) is 0 Å². The minimum Gasteiger partial charge on any atom is -0.361 e. The van der Waals surface area contributed by atoms with Gasteiger partial charge in [-0.05, 0) is 43.5 Å². The number of hydrogen-bond donors (Lipinski definition) is 3. The molecule has 7 nitrogen and oxygen atoms in total. The van der Waals surface area contributed by atoms with Crippen molar-refractivity contribution in [1.82, 2.24) is 20.5 Å². The molecule has 3 N–H and O–H groups in total. The number of halogens is 1. The van der Waals surface area contributed by atoms with Gasteiger partial charge in [-0.15, -0.1) is 0 Å². The van der Waals surface area contributed by atoms with Crippen LogP contribution in [0.15, 0.2) is 29.4 Å². The van der Waals surface area contributed by atoms with Crippen molar-refractivity contribution in [3.8, 4) is 0 Å². The van der Waals surface area contributed by atoms with Gasteiger partial charge in [-0.3, -0.25) is 19.5 Å². The average Bonchev–Trinajstić information content (AvgIpc) is 3.06. The smallest absolute Gasteiger partial charge is 0.229 e. The van der Waals surface area contributed by atoms with Crippen LogP contribution in [0.4, 0.5) is 4.39 Å². The number of hydrogen-bond acceptors (Lipinski definition) is 3. The molecule has 0 saturated carbocycles. The second-order valence-electron chi connectivity index (χ2n) is 6.73. The Morgan fingerprint density at radius 3 is 2.79 bits per heavy atom. The lowest BCUT2D eigenvalue weighted by atomic mass is 10.1. The van der Waals surface area contributed by atoms with E-state index in [0.29, 0.717) is 57.8 Å². The molecule has 1 aromatic heterocycles. The number of piperidine rings is 1. The Balaban J connectivity index is 1.54. The summed E-state index contributed by atoms with van der Waals surface area (Å²) in [6.45, 7) is 3.98. The van der Waals surface area contributed by atoms with Crippen molar-refractivity contribution in [2.24, 2.45) is 4.99 Å². The molecule has 1 fully saturated rings. The molecule has 2 aromatic rings. The van der Waals surface area contributed by atoms with Gasteiger partial charge in [-0.25, -0.2) is 4.39 Å². The molecule has 0 bridgehead atoms. The van der Waals surface area contributed by atoms with Crippen LogP contribution < -0.4 is 10.6 Å². The van der Waals surface area contributed by atoms with E-state index in [1.54, 1.807) is 6.07 Å². The molecule has 1 saturated heterocycles. The Morgan fingerprint density at radius 1 is 1.25 bits per heavy atom. The molecule has 1 aliphatic heterocycles. The van der Waals surface area contributed by atoms with Crippen LogP contribution in [0.3, 0.4) is 0 Å². The number of likely N-dealkylation sites (tertiary alicyclic amines) is 1. The zero-order valence-corrected chi connectivity index (χ0v) is 16.1. The number of imide groups is 1. The molecule has 0 aliphatic carbocycles. The van der Waals surface area contributed by atoms with E-state index in [9.17, 15) is 14.0 Å². The fraction of sp³-hybridized carbons (Fsp3) is 0.450. The first kappa shape index (κ1) is 19.9. The molecular formula is C20H26FN5O2. The maximum Gasteiger partial charge on any atom is 0.229 e. The van der Waals surface area contributed by atoms with Crippen LogP contribution in [0.25, 0.3) is 10.9 Å². The lowest BCUT2D eigenvalue weighted by Gasteiger charge is -2.25. The van der Waals surface area contributed by atoms with Crippen molar-refractivity contribution in [3.05, 3.63) is 35.8 Å². The number of amides is 2. The summed E-state index contributed by atoms with van der Waals surface area (Å²) in [6, 6.07) is 4.69. The highest BCUT2D eigenvalue weighted by atomic mass is 19.1. The molecule has 3 rings (SSSR count). The first-order valence-electron chi connectivity index (χ1n) is 9.69. The number of aromatic amines is 1. The second kappa shape index (κ2) is 9.34. The summed E-state index contributed by atoms with van der Waals surface area (Å²) in [6.07, 6.45) is 4.07. The summed E-state index contributed by atoms with van der Waals surface area (Å²) in [4.78, 5) is 32.7. The molecule has 1 aromatic carbocycles. The van der Waals surface area contributed by atoms with Crippen LogP contribution in [-0.2, 0) is 16.0 Å². The maximum atomic E-state index is 13.5. The van der Waals surface area contributed by atoms with Crippen LogP contribution in [-0.4, -0.2) is 53.8 Å². The van der Waals surface area contributed by atoms with Gasteiger partial charge >= 0.3 is 0 Å². The third kappa shape index (κ3) is 4.88. The van der Waals surface area contributed by atoms with Gasteiger partial charge in [0.05, 0.1) is 0 Å². The van der Waals surface area contributed by atoms with E-state index in [-0.39, 0.29) is 17.6 Å². The second-order valence-corrected chi connectivity index (χ2v) is 6.73. The van der Waals surface area contributed by atoms with Crippen LogP contribution in [0.2, 0.25) is 0 Å². The fourth-order valence-electron chi connectivity index (χ4n) is 3.32. The minimum atomic E-state index is -0.256. The van der Waals surface area contributed by atoms with Gasteiger partial charge < -0.3 is 15.6 Å².